The molecule has 0 aliphatic carbocycles. The average Bonchev–Trinajstić information content (AvgIpc) is 2.82. The molecule has 0 bridgehead atoms. The topological polar surface area (TPSA) is 84.5 Å². The van der Waals surface area contributed by atoms with Crippen LogP contribution >= 0.6 is 15.9 Å². The van der Waals surface area contributed by atoms with E-state index in [9.17, 15) is 13.2 Å². The van der Waals surface area contributed by atoms with Crippen molar-refractivity contribution in [2.75, 3.05) is 16.6 Å². The number of amides is 1. The fourth-order valence-electron chi connectivity index (χ4n) is 3.56. The molecule has 6 nitrogen and oxygen atoms in total. The van der Waals surface area contributed by atoms with Crippen molar-refractivity contribution in [1.29, 1.82) is 0 Å². The number of para-hydroxylation sites is 1. The summed E-state index contributed by atoms with van der Waals surface area (Å²) in [7, 11) is -3.76. The van der Waals surface area contributed by atoms with Crippen LogP contribution in [0.5, 0.6) is 5.75 Å². The molecule has 35 heavy (non-hydrogen) atoms. The Morgan fingerprint density at radius 2 is 1.63 bits per heavy atom. The van der Waals surface area contributed by atoms with Gasteiger partial charge < -0.3 is 10.1 Å². The fraction of sp³-hybridized carbons (Fsp3) is 0.296. The molecule has 0 radical (unpaired) electrons. The second-order valence-electron chi connectivity index (χ2n) is 8.41. The van der Waals surface area contributed by atoms with Crippen molar-refractivity contribution >= 4 is 43.2 Å². The maximum absolute atomic E-state index is 12.8. The molecule has 2 N–H and O–H groups in total. The highest BCUT2D eigenvalue weighted by molar-refractivity contribution is 9.10. The Labute approximate surface area is 216 Å². The van der Waals surface area contributed by atoms with Crippen molar-refractivity contribution in [2.24, 2.45) is 0 Å². The molecular weight excluding hydrogens is 528 g/mol. The summed E-state index contributed by atoms with van der Waals surface area (Å²) >= 11 is 3.47. The number of hydrogen-bond donors (Lipinski definition) is 2. The number of rotatable bonds is 11. The van der Waals surface area contributed by atoms with Gasteiger partial charge in [-0.05, 0) is 89.8 Å². The normalized spacial score (nSPS) is 11.2. The Hall–Kier alpha value is -2.84. The van der Waals surface area contributed by atoms with Crippen LogP contribution in [0.15, 0.2) is 70.0 Å². The monoisotopic (exact) mass is 558 g/mol. The smallest absolute Gasteiger partial charge is 0.261 e. The minimum Gasteiger partial charge on any atom is -0.492 e. The summed E-state index contributed by atoms with van der Waals surface area (Å²) in [5.74, 6) is 0.397. The molecule has 0 saturated heterocycles. The number of anilines is 2. The SMILES string of the molecule is CCCCCCOc1ccc(C(=O)Nc2ccc(S(=O)(=O)Nc3c(C)cccc3C)cc2)cc1Br. The minimum absolute atomic E-state index is 0.112. The lowest BCUT2D eigenvalue weighted by atomic mass is 10.1. The first kappa shape index (κ1) is 26.8. The van der Waals surface area contributed by atoms with Crippen molar-refractivity contribution in [3.8, 4) is 5.75 Å². The number of benzene rings is 3. The molecule has 0 saturated carbocycles. The number of carbonyl (C=O) groups is 1. The maximum Gasteiger partial charge on any atom is 0.261 e. The Morgan fingerprint density at radius 1 is 0.943 bits per heavy atom. The number of aryl methyl sites for hydroxylation is 2. The quantitative estimate of drug-likeness (QED) is 0.246. The third-order valence-corrected chi connectivity index (χ3v) is 7.57. The molecule has 8 heteroatoms. The molecular formula is C27H31BrN2O4S. The van der Waals surface area contributed by atoms with Gasteiger partial charge >= 0.3 is 0 Å². The molecule has 0 aromatic heterocycles. The van der Waals surface area contributed by atoms with Crippen LogP contribution in [0.25, 0.3) is 0 Å². The molecule has 3 aromatic rings. The maximum atomic E-state index is 12.8. The second kappa shape index (κ2) is 12.2. The molecule has 0 unspecified atom stereocenters. The van der Waals surface area contributed by atoms with Crippen molar-refractivity contribution in [3.05, 3.63) is 81.8 Å². The Bertz CT molecular complexity index is 1250. The Kier molecular flexibility index (Phi) is 9.34. The van der Waals surface area contributed by atoms with Crippen molar-refractivity contribution in [2.45, 2.75) is 51.3 Å². The van der Waals surface area contributed by atoms with E-state index >= 15 is 0 Å². The summed E-state index contributed by atoms with van der Waals surface area (Å²) in [4.78, 5) is 12.8. The van der Waals surface area contributed by atoms with Crippen LogP contribution in [0.1, 0.15) is 54.1 Å². The van der Waals surface area contributed by atoms with E-state index in [2.05, 4.69) is 32.9 Å². The molecule has 1 amide bonds. The number of carbonyl (C=O) groups excluding carboxylic acids is 1. The number of hydrogen-bond acceptors (Lipinski definition) is 4. The van der Waals surface area contributed by atoms with Gasteiger partial charge in [0.2, 0.25) is 0 Å². The van der Waals surface area contributed by atoms with Gasteiger partial charge in [-0.15, -0.1) is 0 Å². The zero-order valence-electron chi connectivity index (χ0n) is 20.2. The summed E-state index contributed by atoms with van der Waals surface area (Å²) in [5.41, 5.74) is 3.22. The van der Waals surface area contributed by atoms with E-state index in [1.165, 1.54) is 25.0 Å². The lowest BCUT2D eigenvalue weighted by Gasteiger charge is -2.14. The van der Waals surface area contributed by atoms with E-state index in [-0.39, 0.29) is 10.8 Å². The van der Waals surface area contributed by atoms with Gasteiger partial charge in [0, 0.05) is 11.3 Å². The standard InChI is InChI=1S/C27H31BrN2O4S/c1-4-5-6-7-17-34-25-16-11-21(18-24(25)28)27(31)29-22-12-14-23(15-13-22)35(32,33)30-26-19(2)9-8-10-20(26)3/h8-16,18,30H,4-7,17H2,1-3H3,(H,29,31). The minimum atomic E-state index is -3.76. The summed E-state index contributed by atoms with van der Waals surface area (Å²) in [6.45, 7) is 6.52. The average molecular weight is 560 g/mol. The molecule has 0 aliphatic heterocycles. The molecule has 0 spiro atoms. The largest absolute Gasteiger partial charge is 0.492 e. The molecule has 3 rings (SSSR count). The third-order valence-electron chi connectivity index (χ3n) is 5.59. The van der Waals surface area contributed by atoms with Gasteiger partial charge in [0.15, 0.2) is 0 Å². The molecule has 0 aliphatic rings. The second-order valence-corrected chi connectivity index (χ2v) is 10.9. The van der Waals surface area contributed by atoms with Crippen LogP contribution in [-0.2, 0) is 10.0 Å². The predicted octanol–water partition coefficient (Wildman–Crippen LogP) is 7.08. The molecule has 3 aromatic carbocycles. The van der Waals surface area contributed by atoms with E-state index in [0.717, 1.165) is 24.0 Å². The third kappa shape index (κ3) is 7.32. The van der Waals surface area contributed by atoms with Gasteiger partial charge in [0.1, 0.15) is 5.75 Å². The summed E-state index contributed by atoms with van der Waals surface area (Å²) < 4.78 is 34.8. The molecule has 0 fully saturated rings. The number of halogens is 1. The van der Waals surface area contributed by atoms with Crippen LogP contribution in [0.3, 0.4) is 0 Å². The van der Waals surface area contributed by atoms with E-state index in [4.69, 9.17) is 4.74 Å². The van der Waals surface area contributed by atoms with Crippen molar-refractivity contribution < 1.29 is 17.9 Å². The Morgan fingerprint density at radius 3 is 2.26 bits per heavy atom. The highest BCUT2D eigenvalue weighted by Gasteiger charge is 2.17. The zero-order valence-corrected chi connectivity index (χ0v) is 22.6. The summed E-state index contributed by atoms with van der Waals surface area (Å²) in [6, 6.07) is 16.9. The first-order valence-corrected chi connectivity index (χ1v) is 13.9. The van der Waals surface area contributed by atoms with Gasteiger partial charge in [-0.2, -0.15) is 0 Å². The van der Waals surface area contributed by atoms with Gasteiger partial charge in [-0.1, -0.05) is 44.4 Å². The number of unbranched alkanes of at least 4 members (excludes halogenated alkanes) is 3. The van der Waals surface area contributed by atoms with E-state index in [0.29, 0.717) is 33.8 Å². The number of nitrogens with one attached hydrogen (secondary N) is 2. The number of sulfonamides is 1. The van der Waals surface area contributed by atoms with Crippen LogP contribution in [0.4, 0.5) is 11.4 Å². The first-order valence-electron chi connectivity index (χ1n) is 11.6. The van der Waals surface area contributed by atoms with E-state index < -0.39 is 10.0 Å². The summed E-state index contributed by atoms with van der Waals surface area (Å²) in [5, 5.41) is 2.80. The van der Waals surface area contributed by atoms with Crippen LogP contribution in [0, 0.1) is 13.8 Å². The van der Waals surface area contributed by atoms with Crippen LogP contribution in [-0.4, -0.2) is 20.9 Å². The van der Waals surface area contributed by atoms with Gasteiger partial charge in [-0.25, -0.2) is 8.42 Å². The van der Waals surface area contributed by atoms with Crippen molar-refractivity contribution in [3.63, 3.8) is 0 Å². The zero-order chi connectivity index (χ0) is 25.4. The van der Waals surface area contributed by atoms with Gasteiger partial charge in [-0.3, -0.25) is 9.52 Å². The van der Waals surface area contributed by atoms with Gasteiger partial charge in [0.25, 0.3) is 15.9 Å². The fourth-order valence-corrected chi connectivity index (χ4v) is 5.26. The van der Waals surface area contributed by atoms with E-state index in [1.807, 2.05) is 32.0 Å². The van der Waals surface area contributed by atoms with Crippen LogP contribution in [0.2, 0.25) is 0 Å². The Balaban J connectivity index is 1.63. The lowest BCUT2D eigenvalue weighted by molar-refractivity contribution is 0.102. The van der Waals surface area contributed by atoms with Crippen LogP contribution < -0.4 is 14.8 Å². The van der Waals surface area contributed by atoms with E-state index in [1.54, 1.807) is 30.3 Å². The van der Waals surface area contributed by atoms with Crippen molar-refractivity contribution in [1.82, 2.24) is 0 Å². The lowest BCUT2D eigenvalue weighted by Crippen LogP contribution is -2.15. The highest BCUT2D eigenvalue weighted by Crippen LogP contribution is 2.27. The number of ether oxygens (including phenoxy) is 1. The molecule has 186 valence electrons. The van der Waals surface area contributed by atoms with Gasteiger partial charge in [0.05, 0.1) is 21.7 Å². The predicted molar refractivity (Wildman–Crippen MR) is 145 cm³/mol. The summed E-state index contributed by atoms with van der Waals surface area (Å²) in [6.07, 6.45) is 4.50. The first-order chi connectivity index (χ1) is 16.7. The molecule has 0 heterocycles. The highest BCUT2D eigenvalue weighted by atomic mass is 79.9. The molecule has 0 atom stereocenters.